The highest BCUT2D eigenvalue weighted by atomic mass is 32.1. The van der Waals surface area contributed by atoms with E-state index in [4.69, 9.17) is 5.73 Å². The Morgan fingerprint density at radius 2 is 2.40 bits per heavy atom. The number of nitrogens with one attached hydrogen (secondary N) is 2. The van der Waals surface area contributed by atoms with Gasteiger partial charge in [0.15, 0.2) is 5.13 Å². The third-order valence-corrected chi connectivity index (χ3v) is 5.00. The number of piperidine rings is 1. The number of hydrogen-bond acceptors (Lipinski definition) is 6. The average Bonchev–Trinajstić information content (AvgIpc) is 3.02. The van der Waals surface area contributed by atoms with Crippen LogP contribution in [0.2, 0.25) is 0 Å². The second-order valence-corrected chi connectivity index (χ2v) is 6.04. The Hall–Kier alpha value is -1.83. The van der Waals surface area contributed by atoms with E-state index in [0.717, 1.165) is 12.8 Å². The summed E-state index contributed by atoms with van der Waals surface area (Å²) in [6.07, 6.45) is 1.69. The molecule has 2 fully saturated rings. The molecular formula is C12H17N5O2S. The van der Waals surface area contributed by atoms with E-state index in [1.807, 2.05) is 0 Å². The number of thiazole rings is 1. The number of aromatic nitrogens is 1. The van der Waals surface area contributed by atoms with Gasteiger partial charge in [-0.1, -0.05) is 11.3 Å². The molecule has 2 saturated heterocycles. The van der Waals surface area contributed by atoms with Crippen molar-refractivity contribution < 1.29 is 9.59 Å². The van der Waals surface area contributed by atoms with Crippen LogP contribution in [0.15, 0.2) is 0 Å². The van der Waals surface area contributed by atoms with Crippen molar-refractivity contribution in [3.63, 3.8) is 0 Å². The normalized spacial score (nSPS) is 25.2. The van der Waals surface area contributed by atoms with Crippen molar-refractivity contribution in [2.75, 3.05) is 31.2 Å². The van der Waals surface area contributed by atoms with Gasteiger partial charge in [0, 0.05) is 20.1 Å². The van der Waals surface area contributed by atoms with Crippen LogP contribution >= 0.6 is 11.3 Å². The van der Waals surface area contributed by atoms with Gasteiger partial charge in [-0.3, -0.25) is 9.59 Å². The Morgan fingerprint density at radius 1 is 1.60 bits per heavy atom. The number of nitrogens with two attached hydrogens (primary N) is 1. The fourth-order valence-corrected chi connectivity index (χ4v) is 3.72. The minimum atomic E-state index is -0.118. The van der Waals surface area contributed by atoms with Crippen LogP contribution in [-0.4, -0.2) is 47.9 Å². The molecule has 8 heteroatoms. The number of anilines is 2. The van der Waals surface area contributed by atoms with Crippen molar-refractivity contribution in [2.45, 2.75) is 18.9 Å². The van der Waals surface area contributed by atoms with Crippen LogP contribution in [-0.2, 0) is 4.79 Å². The highest BCUT2D eigenvalue weighted by Crippen LogP contribution is 2.32. The van der Waals surface area contributed by atoms with E-state index in [0.29, 0.717) is 23.1 Å². The smallest absolute Gasteiger partial charge is 0.268 e. The van der Waals surface area contributed by atoms with Gasteiger partial charge in [-0.15, -0.1) is 0 Å². The van der Waals surface area contributed by atoms with E-state index in [1.54, 1.807) is 11.9 Å². The molecule has 0 saturated carbocycles. The zero-order valence-corrected chi connectivity index (χ0v) is 12.0. The van der Waals surface area contributed by atoms with E-state index in [-0.39, 0.29) is 29.6 Å². The molecule has 7 nitrogen and oxygen atoms in total. The number of nitrogens with zero attached hydrogens (tertiary/aromatic N) is 2. The van der Waals surface area contributed by atoms with E-state index in [9.17, 15) is 9.59 Å². The molecule has 108 valence electrons. The highest BCUT2D eigenvalue weighted by molar-refractivity contribution is 7.18. The van der Waals surface area contributed by atoms with Crippen molar-refractivity contribution in [3.05, 3.63) is 4.88 Å². The third-order valence-electron chi connectivity index (χ3n) is 3.92. The number of fused-ring (bicyclic) bond motifs is 1. The number of carbonyl (C=O) groups excluding carboxylic acids is 2. The van der Waals surface area contributed by atoms with Gasteiger partial charge in [0.2, 0.25) is 5.91 Å². The van der Waals surface area contributed by atoms with Crippen LogP contribution in [0, 0.1) is 5.92 Å². The summed E-state index contributed by atoms with van der Waals surface area (Å²) in [6, 6.07) is -0.0525. The van der Waals surface area contributed by atoms with E-state index >= 15 is 0 Å². The number of amides is 2. The maximum absolute atomic E-state index is 12.6. The van der Waals surface area contributed by atoms with Crippen LogP contribution in [0.5, 0.6) is 0 Å². The predicted molar refractivity (Wildman–Crippen MR) is 76.6 cm³/mol. The molecule has 20 heavy (non-hydrogen) atoms. The van der Waals surface area contributed by atoms with Crippen LogP contribution in [0.25, 0.3) is 0 Å². The SMILES string of the molecule is CNc1nc(N)c(C(=O)N2CCCC3C(=O)NCC32)s1. The summed E-state index contributed by atoms with van der Waals surface area (Å²) in [5, 5.41) is 6.35. The minimum Gasteiger partial charge on any atom is -0.382 e. The van der Waals surface area contributed by atoms with Crippen molar-refractivity contribution in [1.82, 2.24) is 15.2 Å². The summed E-state index contributed by atoms with van der Waals surface area (Å²) in [5.74, 6) is 0.114. The van der Waals surface area contributed by atoms with Gasteiger partial charge in [0.05, 0.1) is 12.0 Å². The quantitative estimate of drug-likeness (QED) is 0.719. The summed E-state index contributed by atoms with van der Waals surface area (Å²) < 4.78 is 0. The topological polar surface area (TPSA) is 100 Å². The second-order valence-electron chi connectivity index (χ2n) is 5.04. The van der Waals surface area contributed by atoms with Gasteiger partial charge >= 0.3 is 0 Å². The van der Waals surface area contributed by atoms with Crippen molar-refractivity contribution in [2.24, 2.45) is 5.92 Å². The molecule has 3 heterocycles. The number of hydrogen-bond donors (Lipinski definition) is 3. The monoisotopic (exact) mass is 295 g/mol. The highest BCUT2D eigenvalue weighted by Gasteiger charge is 2.43. The molecule has 2 aliphatic rings. The van der Waals surface area contributed by atoms with E-state index in [1.165, 1.54) is 11.3 Å². The predicted octanol–water partition coefficient (Wildman–Crippen LogP) is 0.118. The molecule has 2 amide bonds. The lowest BCUT2D eigenvalue weighted by atomic mass is 9.91. The molecule has 0 spiro atoms. The fourth-order valence-electron chi connectivity index (χ4n) is 2.93. The Balaban J connectivity index is 1.86. The largest absolute Gasteiger partial charge is 0.382 e. The summed E-state index contributed by atoms with van der Waals surface area (Å²) >= 11 is 1.25. The molecule has 3 rings (SSSR count). The molecule has 1 aromatic heterocycles. The molecule has 0 aliphatic carbocycles. The minimum absolute atomic E-state index is 0.0525. The molecule has 2 aliphatic heterocycles. The van der Waals surface area contributed by atoms with Crippen LogP contribution in [0.4, 0.5) is 10.9 Å². The van der Waals surface area contributed by atoms with Gasteiger partial charge in [-0.25, -0.2) is 4.98 Å². The standard InChI is InChI=1S/C12H17N5O2S/c1-14-12-16-9(13)8(20-12)11(19)17-4-2-3-6-7(17)5-15-10(6)18/h6-7H,2-5,13H2,1H3,(H,14,16)(H,15,18). The summed E-state index contributed by atoms with van der Waals surface area (Å²) in [6.45, 7) is 1.20. The average molecular weight is 295 g/mol. The molecule has 0 bridgehead atoms. The lowest BCUT2D eigenvalue weighted by molar-refractivity contribution is -0.123. The Kier molecular flexibility index (Phi) is 3.25. The zero-order chi connectivity index (χ0) is 14.3. The van der Waals surface area contributed by atoms with Crippen molar-refractivity contribution >= 4 is 34.1 Å². The first-order valence-corrected chi connectivity index (χ1v) is 7.46. The van der Waals surface area contributed by atoms with Crippen molar-refractivity contribution in [3.8, 4) is 0 Å². The van der Waals surface area contributed by atoms with Gasteiger partial charge in [-0.05, 0) is 12.8 Å². The maximum Gasteiger partial charge on any atom is 0.268 e. The molecule has 0 radical (unpaired) electrons. The van der Waals surface area contributed by atoms with Crippen LogP contribution in [0.1, 0.15) is 22.5 Å². The Morgan fingerprint density at radius 3 is 3.10 bits per heavy atom. The number of likely N-dealkylation sites (tertiary alicyclic amines) is 1. The molecule has 0 aromatic carbocycles. The van der Waals surface area contributed by atoms with Gasteiger partial charge in [0.1, 0.15) is 10.7 Å². The number of rotatable bonds is 2. The number of nitrogen functional groups attached to an aromatic ring is 1. The first kappa shape index (κ1) is 13.2. The maximum atomic E-state index is 12.6. The lowest BCUT2D eigenvalue weighted by Gasteiger charge is -2.35. The molecule has 4 N–H and O–H groups in total. The van der Waals surface area contributed by atoms with Gasteiger partial charge in [0.25, 0.3) is 5.91 Å². The third kappa shape index (κ3) is 2.00. The second kappa shape index (κ2) is 4.93. The zero-order valence-electron chi connectivity index (χ0n) is 11.2. The van der Waals surface area contributed by atoms with Gasteiger partial charge < -0.3 is 21.3 Å². The van der Waals surface area contributed by atoms with Gasteiger partial charge in [-0.2, -0.15) is 0 Å². The molecule has 2 unspecified atom stereocenters. The molecule has 2 atom stereocenters. The first-order valence-electron chi connectivity index (χ1n) is 6.64. The summed E-state index contributed by atoms with van der Waals surface area (Å²) in [5.41, 5.74) is 5.82. The lowest BCUT2D eigenvalue weighted by Crippen LogP contribution is -2.48. The Labute approximate surface area is 120 Å². The first-order chi connectivity index (χ1) is 9.61. The summed E-state index contributed by atoms with van der Waals surface area (Å²) in [4.78, 5) is 30.7. The molecular weight excluding hydrogens is 278 g/mol. The van der Waals surface area contributed by atoms with Crippen molar-refractivity contribution in [1.29, 1.82) is 0 Å². The van der Waals surface area contributed by atoms with Crippen LogP contribution in [0.3, 0.4) is 0 Å². The summed E-state index contributed by atoms with van der Waals surface area (Å²) in [7, 11) is 1.74. The number of carbonyl (C=O) groups is 2. The van der Waals surface area contributed by atoms with Crippen LogP contribution < -0.4 is 16.4 Å². The fraction of sp³-hybridized carbons (Fsp3) is 0.583. The molecule has 1 aromatic rings. The van der Waals surface area contributed by atoms with E-state index in [2.05, 4.69) is 15.6 Å². The Bertz CT molecular complexity index is 558. The van der Waals surface area contributed by atoms with E-state index < -0.39 is 0 Å².